The first-order valence-electron chi connectivity index (χ1n) is 26.8. The van der Waals surface area contributed by atoms with Crippen LogP contribution in [0.1, 0.15) is 298 Å². The Kier molecular flexibility index (Phi) is 45.7. The largest absolute Gasteiger partial charge is 0.462 e. The molecule has 0 saturated heterocycles. The highest BCUT2D eigenvalue weighted by atomic mass is 16.6. The van der Waals surface area contributed by atoms with Gasteiger partial charge in [-0.05, 0) is 31.1 Å². The summed E-state index contributed by atoms with van der Waals surface area (Å²) in [5.41, 5.74) is 0. The first kappa shape index (κ1) is 58.4. The van der Waals surface area contributed by atoms with E-state index in [2.05, 4.69) is 34.6 Å². The van der Waals surface area contributed by atoms with Gasteiger partial charge in [0.15, 0.2) is 6.10 Å². The summed E-state index contributed by atoms with van der Waals surface area (Å²) >= 11 is 0. The Bertz CT molecular complexity index is 920. The third-order valence-corrected chi connectivity index (χ3v) is 12.9. The lowest BCUT2D eigenvalue weighted by molar-refractivity contribution is -0.167. The summed E-state index contributed by atoms with van der Waals surface area (Å²) in [6.07, 6.45) is 48.0. The van der Waals surface area contributed by atoms with Crippen LogP contribution in [0.3, 0.4) is 0 Å². The van der Waals surface area contributed by atoms with Gasteiger partial charge in [-0.15, -0.1) is 0 Å². The SMILES string of the molecule is CCCCCCCCCCCCCCCCC(=O)OC[C@@H](COC(=O)CCCCCCCCC(C)CC)OC(=O)CCCCCCCCCCCCCCCCC(C)CC. The second-order valence-electron chi connectivity index (χ2n) is 19.0. The molecule has 60 heavy (non-hydrogen) atoms. The van der Waals surface area contributed by atoms with Crippen LogP contribution in [0, 0.1) is 11.8 Å². The van der Waals surface area contributed by atoms with Crippen LogP contribution in [-0.2, 0) is 28.6 Å². The van der Waals surface area contributed by atoms with Gasteiger partial charge in [0.2, 0.25) is 0 Å². The van der Waals surface area contributed by atoms with E-state index < -0.39 is 6.10 Å². The van der Waals surface area contributed by atoms with Crippen LogP contribution in [0.4, 0.5) is 0 Å². The minimum atomic E-state index is -0.762. The Morgan fingerprint density at radius 3 is 0.867 bits per heavy atom. The Morgan fingerprint density at radius 1 is 0.333 bits per heavy atom. The average molecular weight is 849 g/mol. The van der Waals surface area contributed by atoms with Gasteiger partial charge in [-0.3, -0.25) is 14.4 Å². The second-order valence-corrected chi connectivity index (χ2v) is 19.0. The zero-order valence-corrected chi connectivity index (χ0v) is 41.1. The molecule has 0 aliphatic heterocycles. The first-order valence-corrected chi connectivity index (χ1v) is 26.8. The van der Waals surface area contributed by atoms with Gasteiger partial charge in [0, 0.05) is 19.3 Å². The van der Waals surface area contributed by atoms with Crippen molar-refractivity contribution in [1.82, 2.24) is 0 Å². The van der Waals surface area contributed by atoms with Crippen molar-refractivity contribution in [2.75, 3.05) is 13.2 Å². The normalized spacial score (nSPS) is 12.9. The van der Waals surface area contributed by atoms with E-state index in [1.165, 1.54) is 186 Å². The summed E-state index contributed by atoms with van der Waals surface area (Å²) in [5.74, 6) is 0.860. The number of hydrogen-bond donors (Lipinski definition) is 0. The van der Waals surface area contributed by atoms with Crippen LogP contribution in [0.25, 0.3) is 0 Å². The zero-order valence-electron chi connectivity index (χ0n) is 41.1. The molecule has 0 aromatic rings. The third-order valence-electron chi connectivity index (χ3n) is 12.9. The van der Waals surface area contributed by atoms with Crippen molar-refractivity contribution in [3.63, 3.8) is 0 Å². The minimum Gasteiger partial charge on any atom is -0.462 e. The number of esters is 3. The highest BCUT2D eigenvalue weighted by Gasteiger charge is 2.19. The van der Waals surface area contributed by atoms with Gasteiger partial charge in [-0.25, -0.2) is 0 Å². The molecule has 0 aliphatic carbocycles. The van der Waals surface area contributed by atoms with E-state index in [1.54, 1.807) is 0 Å². The van der Waals surface area contributed by atoms with Crippen molar-refractivity contribution in [2.45, 2.75) is 304 Å². The summed E-state index contributed by atoms with van der Waals surface area (Å²) in [6.45, 7) is 11.4. The van der Waals surface area contributed by atoms with Gasteiger partial charge in [0.25, 0.3) is 0 Å². The van der Waals surface area contributed by atoms with Crippen molar-refractivity contribution in [1.29, 1.82) is 0 Å². The molecular formula is C54H104O6. The number of unbranched alkanes of at least 4 members (excludes halogenated alkanes) is 31. The van der Waals surface area contributed by atoms with Crippen molar-refractivity contribution in [3.8, 4) is 0 Å². The van der Waals surface area contributed by atoms with Crippen LogP contribution in [0.5, 0.6) is 0 Å². The highest BCUT2D eigenvalue weighted by molar-refractivity contribution is 5.71. The fraction of sp³-hybridized carbons (Fsp3) is 0.944. The number of carbonyl (C=O) groups is 3. The smallest absolute Gasteiger partial charge is 0.306 e. The van der Waals surface area contributed by atoms with E-state index in [9.17, 15) is 14.4 Å². The van der Waals surface area contributed by atoms with Crippen LogP contribution in [0.15, 0.2) is 0 Å². The number of rotatable bonds is 48. The molecule has 0 aromatic carbocycles. The molecule has 2 unspecified atom stereocenters. The second kappa shape index (κ2) is 46.9. The first-order chi connectivity index (χ1) is 29.3. The Morgan fingerprint density at radius 2 is 0.583 bits per heavy atom. The summed E-state index contributed by atoms with van der Waals surface area (Å²) in [6, 6.07) is 0. The molecule has 0 amide bonds. The topological polar surface area (TPSA) is 78.9 Å². The number of ether oxygens (including phenoxy) is 3. The molecule has 0 rings (SSSR count). The standard InChI is InChI=1S/C54H104O6/c1-6-9-10-11-12-13-14-15-19-22-25-28-34-39-44-52(55)58-47-51(48-59-53(56)45-40-35-31-30-33-38-43-50(5)8-3)60-54(57)46-41-36-29-26-23-20-17-16-18-21-24-27-32-37-42-49(4)7-2/h49-51H,6-48H2,1-5H3/t49?,50?,51-/m0/s1. The van der Waals surface area contributed by atoms with Gasteiger partial charge in [0.1, 0.15) is 13.2 Å². The summed E-state index contributed by atoms with van der Waals surface area (Å²) in [7, 11) is 0. The van der Waals surface area contributed by atoms with Crippen molar-refractivity contribution in [3.05, 3.63) is 0 Å². The highest BCUT2D eigenvalue weighted by Crippen LogP contribution is 2.18. The summed E-state index contributed by atoms with van der Waals surface area (Å²) < 4.78 is 16.8. The number of hydrogen-bond acceptors (Lipinski definition) is 6. The lowest BCUT2D eigenvalue weighted by Crippen LogP contribution is -2.30. The van der Waals surface area contributed by atoms with Crippen LogP contribution < -0.4 is 0 Å². The van der Waals surface area contributed by atoms with E-state index >= 15 is 0 Å². The Hall–Kier alpha value is -1.59. The fourth-order valence-corrected chi connectivity index (χ4v) is 8.10. The van der Waals surface area contributed by atoms with Gasteiger partial charge >= 0.3 is 17.9 Å². The molecule has 0 spiro atoms. The predicted octanol–water partition coefficient (Wildman–Crippen LogP) is 17.3. The molecule has 0 aromatic heterocycles. The van der Waals surface area contributed by atoms with Crippen LogP contribution >= 0.6 is 0 Å². The molecule has 0 fully saturated rings. The summed E-state index contributed by atoms with van der Waals surface area (Å²) in [5, 5.41) is 0. The van der Waals surface area contributed by atoms with Gasteiger partial charge in [-0.2, -0.15) is 0 Å². The molecule has 0 aliphatic rings. The molecular weight excluding hydrogens is 745 g/mol. The van der Waals surface area contributed by atoms with Gasteiger partial charge in [0.05, 0.1) is 0 Å². The van der Waals surface area contributed by atoms with Crippen molar-refractivity contribution >= 4 is 17.9 Å². The van der Waals surface area contributed by atoms with E-state index in [0.717, 1.165) is 69.6 Å². The van der Waals surface area contributed by atoms with Crippen LogP contribution in [0.2, 0.25) is 0 Å². The van der Waals surface area contributed by atoms with Crippen LogP contribution in [-0.4, -0.2) is 37.2 Å². The van der Waals surface area contributed by atoms with Gasteiger partial charge in [-0.1, -0.05) is 259 Å². The van der Waals surface area contributed by atoms with E-state index in [-0.39, 0.29) is 31.1 Å². The van der Waals surface area contributed by atoms with E-state index in [0.29, 0.717) is 19.3 Å². The van der Waals surface area contributed by atoms with E-state index in [1.807, 2.05) is 0 Å². The maximum absolute atomic E-state index is 12.8. The quantitative estimate of drug-likeness (QED) is 0.0345. The minimum absolute atomic E-state index is 0.0640. The average Bonchev–Trinajstić information content (AvgIpc) is 3.25. The summed E-state index contributed by atoms with van der Waals surface area (Å²) in [4.78, 5) is 38.0. The molecule has 0 heterocycles. The monoisotopic (exact) mass is 849 g/mol. The van der Waals surface area contributed by atoms with Crippen molar-refractivity contribution < 1.29 is 28.6 Å². The molecule has 0 saturated carbocycles. The van der Waals surface area contributed by atoms with Gasteiger partial charge < -0.3 is 14.2 Å². The molecule has 6 heteroatoms. The van der Waals surface area contributed by atoms with E-state index in [4.69, 9.17) is 14.2 Å². The molecule has 356 valence electrons. The lowest BCUT2D eigenvalue weighted by Gasteiger charge is -2.18. The molecule has 6 nitrogen and oxygen atoms in total. The third kappa shape index (κ3) is 44.5. The molecule has 0 N–H and O–H groups in total. The number of carbonyl (C=O) groups excluding carboxylic acids is 3. The molecule has 0 radical (unpaired) electrons. The predicted molar refractivity (Wildman–Crippen MR) is 256 cm³/mol. The molecule has 3 atom stereocenters. The molecule has 0 bridgehead atoms. The Labute approximate surface area is 374 Å². The maximum atomic E-state index is 12.8. The Balaban J connectivity index is 4.28. The lowest BCUT2D eigenvalue weighted by atomic mass is 9.99. The zero-order chi connectivity index (χ0) is 44.0. The fourth-order valence-electron chi connectivity index (χ4n) is 8.10. The van der Waals surface area contributed by atoms with Crippen molar-refractivity contribution in [2.24, 2.45) is 11.8 Å². The maximum Gasteiger partial charge on any atom is 0.306 e.